The van der Waals surface area contributed by atoms with E-state index in [1.165, 1.54) is 0 Å². The van der Waals surface area contributed by atoms with Crippen molar-refractivity contribution in [1.82, 2.24) is 5.32 Å². The van der Waals surface area contributed by atoms with Crippen LogP contribution >= 0.6 is 0 Å². The van der Waals surface area contributed by atoms with Gasteiger partial charge in [-0.2, -0.15) is 0 Å². The highest BCUT2D eigenvalue weighted by Gasteiger charge is 2.14. The summed E-state index contributed by atoms with van der Waals surface area (Å²) in [7, 11) is 5.44. The van der Waals surface area contributed by atoms with Crippen molar-refractivity contribution in [2.24, 2.45) is 5.92 Å². The maximum Gasteiger partial charge on any atom is 0.0700 e. The minimum atomic E-state index is 0.498. The van der Waals surface area contributed by atoms with Crippen LogP contribution in [0.5, 0.6) is 0 Å². The van der Waals surface area contributed by atoms with Crippen molar-refractivity contribution < 1.29 is 14.2 Å². The maximum atomic E-state index is 5.46. The topological polar surface area (TPSA) is 39.7 Å². The second kappa shape index (κ2) is 11.3. The average molecular weight is 233 g/mol. The van der Waals surface area contributed by atoms with E-state index < -0.39 is 0 Å². The van der Waals surface area contributed by atoms with Gasteiger partial charge in [0.25, 0.3) is 0 Å². The zero-order valence-corrected chi connectivity index (χ0v) is 11.1. The molecule has 0 fully saturated rings. The molecule has 4 heteroatoms. The van der Waals surface area contributed by atoms with E-state index in [1.807, 2.05) is 7.05 Å². The number of methoxy groups -OCH3 is 2. The molecule has 4 nitrogen and oxygen atoms in total. The maximum absolute atomic E-state index is 5.46. The van der Waals surface area contributed by atoms with E-state index in [0.717, 1.165) is 26.1 Å². The highest BCUT2D eigenvalue weighted by atomic mass is 16.5. The minimum absolute atomic E-state index is 0.498. The number of nitrogens with one attached hydrogen (secondary N) is 1. The second-order valence-corrected chi connectivity index (χ2v) is 4.05. The van der Waals surface area contributed by atoms with Gasteiger partial charge in [-0.3, -0.25) is 0 Å². The van der Waals surface area contributed by atoms with Crippen molar-refractivity contribution in [3.8, 4) is 0 Å². The van der Waals surface area contributed by atoms with Gasteiger partial charge in [0.15, 0.2) is 0 Å². The summed E-state index contributed by atoms with van der Waals surface area (Å²) in [5.41, 5.74) is 0. The van der Waals surface area contributed by atoms with Gasteiger partial charge in [0, 0.05) is 33.5 Å². The molecule has 98 valence electrons. The fraction of sp³-hybridized carbons (Fsp3) is 1.00. The Morgan fingerprint density at radius 3 is 2.19 bits per heavy atom. The molecule has 0 aromatic rings. The normalized spacial score (nSPS) is 15.0. The third-order valence-electron chi connectivity index (χ3n) is 2.84. The smallest absolute Gasteiger partial charge is 0.0700 e. The van der Waals surface area contributed by atoms with Crippen LogP contribution in [0.1, 0.15) is 19.8 Å². The zero-order valence-electron chi connectivity index (χ0n) is 11.1. The van der Waals surface area contributed by atoms with E-state index in [1.54, 1.807) is 14.2 Å². The van der Waals surface area contributed by atoms with Crippen LogP contribution in [0.25, 0.3) is 0 Å². The van der Waals surface area contributed by atoms with Crippen molar-refractivity contribution in [2.45, 2.75) is 25.8 Å². The Labute approximate surface area is 99.6 Å². The van der Waals surface area contributed by atoms with Crippen LogP contribution in [-0.2, 0) is 14.2 Å². The van der Waals surface area contributed by atoms with Crippen LogP contribution in [0.15, 0.2) is 0 Å². The van der Waals surface area contributed by atoms with Gasteiger partial charge in [0.1, 0.15) is 0 Å². The van der Waals surface area contributed by atoms with Gasteiger partial charge in [-0.25, -0.2) is 0 Å². The SMILES string of the molecule is CNC(CCOCCOC)C(C)CCOC. The molecule has 0 aromatic heterocycles. The van der Waals surface area contributed by atoms with E-state index in [-0.39, 0.29) is 0 Å². The summed E-state index contributed by atoms with van der Waals surface area (Å²) in [6, 6.07) is 0.498. The lowest BCUT2D eigenvalue weighted by molar-refractivity contribution is 0.0624. The summed E-state index contributed by atoms with van der Waals surface area (Å²) in [4.78, 5) is 0. The fourth-order valence-electron chi connectivity index (χ4n) is 1.67. The first-order chi connectivity index (χ1) is 7.76. The molecule has 0 aliphatic heterocycles. The molecular formula is C12H27NO3. The molecule has 0 saturated carbocycles. The van der Waals surface area contributed by atoms with Crippen LogP contribution in [0.2, 0.25) is 0 Å². The van der Waals surface area contributed by atoms with E-state index in [2.05, 4.69) is 12.2 Å². The Kier molecular flexibility index (Phi) is 11.2. The lowest BCUT2D eigenvalue weighted by Crippen LogP contribution is -2.34. The highest BCUT2D eigenvalue weighted by molar-refractivity contribution is 4.71. The first-order valence-corrected chi connectivity index (χ1v) is 5.99. The van der Waals surface area contributed by atoms with Crippen molar-refractivity contribution >= 4 is 0 Å². The van der Waals surface area contributed by atoms with Gasteiger partial charge in [-0.15, -0.1) is 0 Å². The number of rotatable bonds is 11. The predicted octanol–water partition coefficient (Wildman–Crippen LogP) is 1.30. The molecule has 0 saturated heterocycles. The molecular weight excluding hydrogens is 206 g/mol. The van der Waals surface area contributed by atoms with Crippen LogP contribution < -0.4 is 5.32 Å². The first-order valence-electron chi connectivity index (χ1n) is 5.99. The van der Waals surface area contributed by atoms with Crippen molar-refractivity contribution in [2.75, 3.05) is 47.7 Å². The fourth-order valence-corrected chi connectivity index (χ4v) is 1.67. The summed E-state index contributed by atoms with van der Waals surface area (Å²) in [6.07, 6.45) is 2.12. The van der Waals surface area contributed by atoms with Gasteiger partial charge in [-0.05, 0) is 25.8 Å². The highest BCUT2D eigenvalue weighted by Crippen LogP contribution is 2.11. The molecule has 2 unspecified atom stereocenters. The van der Waals surface area contributed by atoms with Crippen LogP contribution in [0.4, 0.5) is 0 Å². The third-order valence-corrected chi connectivity index (χ3v) is 2.84. The van der Waals surface area contributed by atoms with E-state index in [9.17, 15) is 0 Å². The van der Waals surface area contributed by atoms with Gasteiger partial charge in [0.2, 0.25) is 0 Å². The Balaban J connectivity index is 3.56. The summed E-state index contributed by atoms with van der Waals surface area (Å²) >= 11 is 0. The summed E-state index contributed by atoms with van der Waals surface area (Å²) in [5.74, 6) is 0.607. The van der Waals surface area contributed by atoms with E-state index in [0.29, 0.717) is 25.2 Å². The van der Waals surface area contributed by atoms with Gasteiger partial charge < -0.3 is 19.5 Å². The third kappa shape index (κ3) is 8.05. The zero-order chi connectivity index (χ0) is 12.2. The van der Waals surface area contributed by atoms with Crippen LogP contribution in [0, 0.1) is 5.92 Å². The number of hydrogen-bond acceptors (Lipinski definition) is 4. The van der Waals surface area contributed by atoms with Gasteiger partial charge >= 0.3 is 0 Å². The van der Waals surface area contributed by atoms with Crippen LogP contribution in [-0.4, -0.2) is 53.7 Å². The van der Waals surface area contributed by atoms with Crippen LogP contribution in [0.3, 0.4) is 0 Å². The molecule has 1 N–H and O–H groups in total. The quantitative estimate of drug-likeness (QED) is 0.546. The number of hydrogen-bond donors (Lipinski definition) is 1. The summed E-state index contributed by atoms with van der Waals surface area (Å²) in [5, 5.41) is 3.33. The first kappa shape index (κ1) is 15.8. The van der Waals surface area contributed by atoms with E-state index in [4.69, 9.17) is 14.2 Å². The molecule has 0 heterocycles. The Morgan fingerprint density at radius 2 is 1.62 bits per heavy atom. The molecule has 0 aromatic carbocycles. The molecule has 2 atom stereocenters. The molecule has 0 aliphatic rings. The predicted molar refractivity (Wildman–Crippen MR) is 65.8 cm³/mol. The molecule has 0 radical (unpaired) electrons. The molecule has 0 spiro atoms. The minimum Gasteiger partial charge on any atom is -0.385 e. The lowest BCUT2D eigenvalue weighted by Gasteiger charge is -2.23. The lowest BCUT2D eigenvalue weighted by atomic mass is 9.96. The van der Waals surface area contributed by atoms with Gasteiger partial charge in [-0.1, -0.05) is 6.92 Å². The molecule has 0 bridgehead atoms. The summed E-state index contributed by atoms with van der Waals surface area (Å²) in [6.45, 7) is 5.20. The Hall–Kier alpha value is -0.160. The van der Waals surface area contributed by atoms with E-state index >= 15 is 0 Å². The molecule has 0 rings (SSSR count). The Bertz CT molecular complexity index is 144. The van der Waals surface area contributed by atoms with Crippen molar-refractivity contribution in [1.29, 1.82) is 0 Å². The Morgan fingerprint density at radius 1 is 0.938 bits per heavy atom. The standard InChI is InChI=1S/C12H27NO3/c1-11(5-7-14-3)12(13-2)6-8-16-10-9-15-4/h11-13H,5-10H2,1-4H3. The molecule has 0 amide bonds. The average Bonchev–Trinajstić information content (AvgIpc) is 2.31. The molecule has 16 heavy (non-hydrogen) atoms. The van der Waals surface area contributed by atoms with Crippen molar-refractivity contribution in [3.05, 3.63) is 0 Å². The monoisotopic (exact) mass is 233 g/mol. The van der Waals surface area contributed by atoms with Crippen molar-refractivity contribution in [3.63, 3.8) is 0 Å². The number of ether oxygens (including phenoxy) is 3. The second-order valence-electron chi connectivity index (χ2n) is 4.05. The van der Waals surface area contributed by atoms with Gasteiger partial charge in [0.05, 0.1) is 13.2 Å². The summed E-state index contributed by atoms with van der Waals surface area (Å²) < 4.78 is 15.5. The molecule has 0 aliphatic carbocycles. The largest absolute Gasteiger partial charge is 0.385 e.